The number of aromatic nitrogens is 2. The molecule has 0 N–H and O–H groups in total. The fourth-order valence-corrected chi connectivity index (χ4v) is 3.74. The van der Waals surface area contributed by atoms with E-state index in [-0.39, 0.29) is 5.91 Å². The second kappa shape index (κ2) is 6.45. The third kappa shape index (κ3) is 3.03. The first-order valence-corrected chi connectivity index (χ1v) is 8.80. The number of nitrogens with zero attached hydrogens (tertiary/aromatic N) is 3. The van der Waals surface area contributed by atoms with E-state index in [1.165, 1.54) is 10.4 Å². The first-order valence-electron chi connectivity index (χ1n) is 7.92. The summed E-state index contributed by atoms with van der Waals surface area (Å²) in [4.78, 5) is 15.7. The third-order valence-corrected chi connectivity index (χ3v) is 5.18. The second-order valence-electron chi connectivity index (χ2n) is 5.77. The summed E-state index contributed by atoms with van der Waals surface area (Å²) in [7, 11) is 0. The van der Waals surface area contributed by atoms with Crippen LogP contribution in [0.3, 0.4) is 0 Å². The normalized spacial score (nSPS) is 14.1. The summed E-state index contributed by atoms with van der Waals surface area (Å²) in [5.41, 5.74) is 3.20. The minimum absolute atomic E-state index is 0.0549. The molecule has 24 heavy (non-hydrogen) atoms. The van der Waals surface area contributed by atoms with Gasteiger partial charge in [0.15, 0.2) is 0 Å². The van der Waals surface area contributed by atoms with Crippen LogP contribution in [0, 0.1) is 0 Å². The summed E-state index contributed by atoms with van der Waals surface area (Å²) in [6.07, 6.45) is 8.12. The first-order chi connectivity index (χ1) is 11.8. The van der Waals surface area contributed by atoms with Crippen LogP contribution in [0.5, 0.6) is 0 Å². The van der Waals surface area contributed by atoms with Crippen LogP contribution in [-0.4, -0.2) is 27.1 Å². The van der Waals surface area contributed by atoms with Crippen molar-refractivity contribution in [1.82, 2.24) is 14.7 Å². The average molecular weight is 335 g/mol. The molecule has 1 aliphatic heterocycles. The number of fused-ring (bicyclic) bond motifs is 1. The molecular weight excluding hydrogens is 318 g/mol. The van der Waals surface area contributed by atoms with E-state index in [0.29, 0.717) is 6.54 Å². The molecule has 0 bridgehead atoms. The first kappa shape index (κ1) is 14.9. The quantitative estimate of drug-likeness (QED) is 0.687. The summed E-state index contributed by atoms with van der Waals surface area (Å²) >= 11 is 1.78. The molecular formula is C19H17N3OS. The summed E-state index contributed by atoms with van der Waals surface area (Å²) < 4.78 is 1.81. The Kier molecular flexibility index (Phi) is 4.01. The number of rotatable bonds is 3. The molecule has 0 fully saturated rings. The Balaban J connectivity index is 1.44. The predicted molar refractivity (Wildman–Crippen MR) is 96.0 cm³/mol. The van der Waals surface area contributed by atoms with Gasteiger partial charge in [0.1, 0.15) is 0 Å². The lowest BCUT2D eigenvalue weighted by Crippen LogP contribution is -2.34. The van der Waals surface area contributed by atoms with Crippen LogP contribution < -0.4 is 0 Å². The van der Waals surface area contributed by atoms with E-state index in [0.717, 1.165) is 24.2 Å². The summed E-state index contributed by atoms with van der Waals surface area (Å²) in [5.74, 6) is 0.0549. The lowest BCUT2D eigenvalue weighted by molar-refractivity contribution is -0.126. The molecule has 120 valence electrons. The van der Waals surface area contributed by atoms with Crippen LogP contribution in [0.1, 0.15) is 16.0 Å². The topological polar surface area (TPSA) is 38.1 Å². The number of para-hydroxylation sites is 1. The molecule has 0 atom stereocenters. The molecule has 4 nitrogen and oxygen atoms in total. The maximum atomic E-state index is 12.4. The van der Waals surface area contributed by atoms with Crippen LogP contribution in [-0.2, 0) is 17.8 Å². The summed E-state index contributed by atoms with van der Waals surface area (Å²) in [6.45, 7) is 1.51. The Morgan fingerprint density at radius 3 is 2.96 bits per heavy atom. The highest BCUT2D eigenvalue weighted by Crippen LogP contribution is 2.24. The highest BCUT2D eigenvalue weighted by Gasteiger charge is 2.19. The van der Waals surface area contributed by atoms with Gasteiger partial charge in [0, 0.05) is 35.8 Å². The lowest BCUT2D eigenvalue weighted by Gasteiger charge is -2.25. The highest BCUT2D eigenvalue weighted by molar-refractivity contribution is 7.10. The van der Waals surface area contributed by atoms with Gasteiger partial charge in [-0.3, -0.25) is 4.79 Å². The van der Waals surface area contributed by atoms with E-state index < -0.39 is 0 Å². The second-order valence-corrected chi connectivity index (χ2v) is 6.77. The minimum Gasteiger partial charge on any atom is -0.334 e. The maximum Gasteiger partial charge on any atom is 0.246 e. The molecule has 1 aliphatic rings. The van der Waals surface area contributed by atoms with E-state index in [1.54, 1.807) is 23.6 Å². The van der Waals surface area contributed by atoms with Gasteiger partial charge in [0.05, 0.1) is 11.9 Å². The van der Waals surface area contributed by atoms with Gasteiger partial charge >= 0.3 is 0 Å². The number of hydrogen-bond donors (Lipinski definition) is 0. The van der Waals surface area contributed by atoms with Gasteiger partial charge in [-0.15, -0.1) is 11.3 Å². The fourth-order valence-electron chi connectivity index (χ4n) is 2.85. The van der Waals surface area contributed by atoms with Crippen molar-refractivity contribution in [3.8, 4) is 5.69 Å². The van der Waals surface area contributed by atoms with Crippen LogP contribution in [0.2, 0.25) is 0 Å². The zero-order valence-electron chi connectivity index (χ0n) is 13.1. The van der Waals surface area contributed by atoms with Crippen LogP contribution >= 0.6 is 11.3 Å². The van der Waals surface area contributed by atoms with E-state index in [4.69, 9.17) is 0 Å². The van der Waals surface area contributed by atoms with E-state index in [9.17, 15) is 4.79 Å². The van der Waals surface area contributed by atoms with Crippen molar-refractivity contribution < 1.29 is 4.79 Å². The Morgan fingerprint density at radius 1 is 1.21 bits per heavy atom. The Labute approximate surface area is 144 Å². The Hall–Kier alpha value is -2.66. The van der Waals surface area contributed by atoms with Crippen molar-refractivity contribution in [1.29, 1.82) is 0 Å². The molecule has 1 aromatic carbocycles. The van der Waals surface area contributed by atoms with Crippen molar-refractivity contribution in [2.75, 3.05) is 6.54 Å². The SMILES string of the molecule is O=C(/C=C/c1cnn(-c2ccccc2)c1)N1CCc2sccc2C1. The number of carbonyl (C=O) groups is 1. The molecule has 0 aliphatic carbocycles. The van der Waals surface area contributed by atoms with Crippen molar-refractivity contribution in [2.45, 2.75) is 13.0 Å². The Bertz CT molecular complexity index is 879. The molecule has 0 saturated carbocycles. The van der Waals surface area contributed by atoms with Gasteiger partial charge in [0.25, 0.3) is 0 Å². The van der Waals surface area contributed by atoms with Gasteiger partial charge in [-0.25, -0.2) is 4.68 Å². The van der Waals surface area contributed by atoms with Crippen LogP contribution in [0.4, 0.5) is 0 Å². The molecule has 5 heteroatoms. The number of hydrogen-bond acceptors (Lipinski definition) is 3. The number of carbonyl (C=O) groups excluding carboxylic acids is 1. The molecule has 2 aromatic heterocycles. The Morgan fingerprint density at radius 2 is 2.08 bits per heavy atom. The fraction of sp³-hybridized carbons (Fsp3) is 0.158. The zero-order valence-corrected chi connectivity index (χ0v) is 13.9. The third-order valence-electron chi connectivity index (χ3n) is 4.16. The van der Waals surface area contributed by atoms with Gasteiger partial charge in [-0.05, 0) is 41.6 Å². The van der Waals surface area contributed by atoms with Gasteiger partial charge < -0.3 is 4.90 Å². The maximum absolute atomic E-state index is 12.4. The number of benzene rings is 1. The average Bonchev–Trinajstić information content (AvgIpc) is 3.29. The van der Waals surface area contributed by atoms with Gasteiger partial charge in [-0.2, -0.15) is 5.10 Å². The highest BCUT2D eigenvalue weighted by atomic mass is 32.1. The molecule has 1 amide bonds. The standard InChI is InChI=1S/C19H17N3OS/c23-19(21-10-8-18-16(14-21)9-11-24-18)7-6-15-12-20-22(13-15)17-4-2-1-3-5-17/h1-7,9,11-13H,8,10,14H2/b7-6+. The largest absolute Gasteiger partial charge is 0.334 e. The smallest absolute Gasteiger partial charge is 0.246 e. The van der Waals surface area contributed by atoms with Gasteiger partial charge in [-0.1, -0.05) is 18.2 Å². The van der Waals surface area contributed by atoms with Crippen LogP contribution in [0.15, 0.2) is 60.2 Å². The lowest BCUT2D eigenvalue weighted by atomic mass is 10.1. The van der Waals surface area contributed by atoms with Crippen molar-refractivity contribution in [3.05, 3.63) is 76.3 Å². The van der Waals surface area contributed by atoms with Gasteiger partial charge in [0.2, 0.25) is 5.91 Å². The zero-order chi connectivity index (χ0) is 16.4. The minimum atomic E-state index is 0.0549. The number of amides is 1. The molecule has 0 unspecified atom stereocenters. The predicted octanol–water partition coefficient (Wildman–Crippen LogP) is 3.53. The van der Waals surface area contributed by atoms with Crippen molar-refractivity contribution >= 4 is 23.3 Å². The summed E-state index contributed by atoms with van der Waals surface area (Å²) in [5, 5.41) is 6.45. The molecule has 3 aromatic rings. The molecule has 3 heterocycles. The van der Waals surface area contributed by atoms with Crippen molar-refractivity contribution in [3.63, 3.8) is 0 Å². The van der Waals surface area contributed by atoms with Crippen molar-refractivity contribution in [2.24, 2.45) is 0 Å². The molecule has 0 spiro atoms. The summed E-state index contributed by atoms with van der Waals surface area (Å²) in [6, 6.07) is 12.0. The molecule has 0 saturated heterocycles. The molecule has 0 radical (unpaired) electrons. The van der Waals surface area contributed by atoms with E-state index >= 15 is 0 Å². The van der Waals surface area contributed by atoms with E-state index in [1.807, 2.05) is 52.2 Å². The van der Waals surface area contributed by atoms with E-state index in [2.05, 4.69) is 16.5 Å². The molecule has 4 rings (SSSR count). The monoisotopic (exact) mass is 335 g/mol. The number of thiophene rings is 1. The van der Waals surface area contributed by atoms with Crippen LogP contribution in [0.25, 0.3) is 11.8 Å².